The molecule has 0 saturated carbocycles. The molecule has 0 spiro atoms. The molecular formula is C9H20F2N2. The summed E-state index contributed by atoms with van der Waals surface area (Å²) in [4.78, 5) is 2.32. The van der Waals surface area contributed by atoms with E-state index >= 15 is 0 Å². The lowest BCUT2D eigenvalue weighted by Crippen LogP contribution is -2.52. The minimum absolute atomic E-state index is 0. The number of nitrogens with one attached hydrogen (secondary N) is 1. The van der Waals surface area contributed by atoms with E-state index in [1.807, 2.05) is 0 Å². The molecule has 0 radical (unpaired) electrons. The second-order valence-electron chi connectivity index (χ2n) is 3.79. The zero-order valence-corrected chi connectivity index (χ0v) is 7.61. The molecule has 0 bridgehead atoms. The minimum Gasteiger partial charge on any atom is -0.306 e. The predicted octanol–water partition coefficient (Wildman–Crippen LogP) is 1.43. The Bertz CT molecular complexity index is 133. The van der Waals surface area contributed by atoms with Gasteiger partial charge in [0.05, 0.1) is 13.1 Å². The van der Waals surface area contributed by atoms with Gasteiger partial charge >= 0.3 is 0 Å². The third-order valence-electron chi connectivity index (χ3n) is 2.01. The van der Waals surface area contributed by atoms with Crippen LogP contribution in [-0.2, 0) is 0 Å². The van der Waals surface area contributed by atoms with Gasteiger partial charge in [0, 0.05) is 13.1 Å². The Labute approximate surface area is 79.3 Å². The lowest BCUT2D eigenvalue weighted by atomic mass is 10.1. The van der Waals surface area contributed by atoms with E-state index in [-0.39, 0.29) is 20.5 Å². The van der Waals surface area contributed by atoms with Crippen LogP contribution in [0.25, 0.3) is 0 Å². The second kappa shape index (κ2) is 4.86. The number of likely N-dealkylation sites (tertiary alicyclic amines) is 1. The first kappa shape index (κ1) is 12.8. The van der Waals surface area contributed by atoms with E-state index in [4.69, 9.17) is 0 Å². The fraction of sp³-hybridized carbons (Fsp3) is 1.00. The van der Waals surface area contributed by atoms with E-state index in [0.717, 1.165) is 5.92 Å². The molecule has 2 saturated heterocycles. The molecule has 2 heterocycles. The molecule has 0 atom stereocenters. The molecule has 4 heteroatoms. The predicted molar refractivity (Wildman–Crippen MR) is 51.2 cm³/mol. The maximum atomic E-state index is 11.5. The van der Waals surface area contributed by atoms with Gasteiger partial charge in [-0.05, 0) is 13.0 Å². The normalized spacial score (nSPS) is 25.8. The van der Waals surface area contributed by atoms with Crippen LogP contribution in [0.4, 0.5) is 8.78 Å². The summed E-state index contributed by atoms with van der Waals surface area (Å²) in [6.07, 6.45) is 0. The molecule has 13 heavy (non-hydrogen) atoms. The molecule has 1 N–H and O–H groups in total. The fourth-order valence-corrected chi connectivity index (χ4v) is 1.32. The van der Waals surface area contributed by atoms with Crippen molar-refractivity contribution in [3.05, 3.63) is 0 Å². The Morgan fingerprint density at radius 2 is 1.69 bits per heavy atom. The van der Waals surface area contributed by atoms with E-state index in [9.17, 15) is 8.78 Å². The van der Waals surface area contributed by atoms with E-state index in [1.165, 1.54) is 13.1 Å². The van der Waals surface area contributed by atoms with Gasteiger partial charge in [0.1, 0.15) is 0 Å². The Balaban J connectivity index is 0.000000206. The number of hydrogen-bond acceptors (Lipinski definition) is 2. The standard InChI is InChI=1S/C5H11N.C3H5F2N.CH4/c1-5-3-6(2)4-5;4-3(5)1-6-2-3;/h5H,3-4H2,1-2H3;6H,1-2H2;1H4. The van der Waals surface area contributed by atoms with Crippen molar-refractivity contribution in [2.45, 2.75) is 20.3 Å². The summed E-state index contributed by atoms with van der Waals surface area (Å²) in [5.41, 5.74) is 0. The average Bonchev–Trinajstić information content (AvgIpc) is 1.84. The molecule has 0 aromatic rings. The molecule has 2 aliphatic heterocycles. The van der Waals surface area contributed by atoms with Crippen molar-refractivity contribution in [3.63, 3.8) is 0 Å². The van der Waals surface area contributed by atoms with Gasteiger partial charge in [-0.15, -0.1) is 0 Å². The largest absolute Gasteiger partial charge is 0.306 e. The Morgan fingerprint density at radius 3 is 1.69 bits per heavy atom. The van der Waals surface area contributed by atoms with E-state index in [2.05, 4.69) is 24.2 Å². The van der Waals surface area contributed by atoms with Gasteiger partial charge in [-0.25, -0.2) is 8.78 Å². The molecule has 80 valence electrons. The quantitative estimate of drug-likeness (QED) is 0.627. The van der Waals surface area contributed by atoms with Crippen LogP contribution in [0.1, 0.15) is 14.4 Å². The van der Waals surface area contributed by atoms with E-state index in [0.29, 0.717) is 0 Å². The number of halogens is 2. The van der Waals surface area contributed by atoms with Gasteiger partial charge in [0.15, 0.2) is 0 Å². The summed E-state index contributed by atoms with van der Waals surface area (Å²) in [5.74, 6) is -1.42. The lowest BCUT2D eigenvalue weighted by molar-refractivity contribution is -0.0475. The van der Waals surface area contributed by atoms with Crippen molar-refractivity contribution < 1.29 is 8.78 Å². The number of hydrogen-bond donors (Lipinski definition) is 1. The van der Waals surface area contributed by atoms with Crippen molar-refractivity contribution in [3.8, 4) is 0 Å². The molecule has 2 rings (SSSR count). The number of rotatable bonds is 0. The molecule has 0 aromatic heterocycles. The molecular weight excluding hydrogens is 174 g/mol. The molecule has 2 aliphatic rings. The molecule has 0 amide bonds. The number of alkyl halides is 2. The first-order valence-corrected chi connectivity index (χ1v) is 4.27. The summed E-state index contributed by atoms with van der Waals surface area (Å²) in [6.45, 7) is 4.62. The zero-order chi connectivity index (χ0) is 9.19. The molecule has 0 aliphatic carbocycles. The minimum atomic E-state index is -2.39. The highest BCUT2D eigenvalue weighted by Crippen LogP contribution is 2.16. The van der Waals surface area contributed by atoms with Gasteiger partial charge in [0.25, 0.3) is 5.92 Å². The summed E-state index contributed by atoms with van der Waals surface area (Å²) >= 11 is 0. The van der Waals surface area contributed by atoms with Crippen molar-refractivity contribution in [2.24, 2.45) is 5.92 Å². The molecule has 0 aromatic carbocycles. The van der Waals surface area contributed by atoms with Gasteiger partial charge in [-0.3, -0.25) is 0 Å². The van der Waals surface area contributed by atoms with Crippen LogP contribution in [0, 0.1) is 5.92 Å². The lowest BCUT2D eigenvalue weighted by Gasteiger charge is -2.33. The van der Waals surface area contributed by atoms with Gasteiger partial charge in [-0.2, -0.15) is 0 Å². The van der Waals surface area contributed by atoms with Crippen molar-refractivity contribution in [2.75, 3.05) is 33.2 Å². The molecule has 0 unspecified atom stereocenters. The van der Waals surface area contributed by atoms with Gasteiger partial charge in [-0.1, -0.05) is 14.4 Å². The summed E-state index contributed by atoms with van der Waals surface area (Å²) in [7, 11) is 2.15. The molecule has 2 nitrogen and oxygen atoms in total. The Kier molecular flexibility index (Phi) is 4.78. The first-order valence-electron chi connectivity index (χ1n) is 4.27. The van der Waals surface area contributed by atoms with Crippen LogP contribution in [0.2, 0.25) is 0 Å². The van der Waals surface area contributed by atoms with Crippen LogP contribution in [-0.4, -0.2) is 44.0 Å². The highest BCUT2D eigenvalue weighted by atomic mass is 19.3. The highest BCUT2D eigenvalue weighted by Gasteiger charge is 2.36. The summed E-state index contributed by atoms with van der Waals surface area (Å²) in [6, 6.07) is 0. The molecule has 2 fully saturated rings. The highest BCUT2D eigenvalue weighted by molar-refractivity contribution is 4.81. The van der Waals surface area contributed by atoms with Crippen LogP contribution in [0.3, 0.4) is 0 Å². The summed E-state index contributed by atoms with van der Waals surface area (Å²) < 4.78 is 23.0. The third-order valence-corrected chi connectivity index (χ3v) is 2.01. The maximum Gasteiger partial charge on any atom is 0.272 e. The Morgan fingerprint density at radius 1 is 1.31 bits per heavy atom. The Hall–Kier alpha value is -0.220. The maximum absolute atomic E-state index is 11.5. The smallest absolute Gasteiger partial charge is 0.272 e. The van der Waals surface area contributed by atoms with E-state index in [1.54, 1.807) is 0 Å². The number of nitrogens with zero attached hydrogens (tertiary/aromatic N) is 1. The zero-order valence-electron chi connectivity index (χ0n) is 7.61. The topological polar surface area (TPSA) is 15.3 Å². The first-order chi connectivity index (χ1) is 5.49. The van der Waals surface area contributed by atoms with Crippen molar-refractivity contribution in [1.82, 2.24) is 10.2 Å². The van der Waals surface area contributed by atoms with Gasteiger partial charge in [0.2, 0.25) is 0 Å². The van der Waals surface area contributed by atoms with Crippen molar-refractivity contribution >= 4 is 0 Å². The summed E-state index contributed by atoms with van der Waals surface area (Å²) in [5, 5.41) is 2.45. The SMILES string of the molecule is C.CC1CN(C)C1.FC1(F)CNC1. The van der Waals surface area contributed by atoms with Crippen LogP contribution >= 0.6 is 0 Å². The second-order valence-corrected chi connectivity index (χ2v) is 3.79. The monoisotopic (exact) mass is 194 g/mol. The van der Waals surface area contributed by atoms with E-state index < -0.39 is 5.92 Å². The fourth-order valence-electron chi connectivity index (χ4n) is 1.32. The average molecular weight is 194 g/mol. The van der Waals surface area contributed by atoms with Crippen LogP contribution in [0.5, 0.6) is 0 Å². The van der Waals surface area contributed by atoms with Crippen LogP contribution in [0.15, 0.2) is 0 Å². The van der Waals surface area contributed by atoms with Gasteiger partial charge < -0.3 is 10.2 Å². The third kappa shape index (κ3) is 4.52. The van der Waals surface area contributed by atoms with Crippen molar-refractivity contribution in [1.29, 1.82) is 0 Å². The van der Waals surface area contributed by atoms with Crippen LogP contribution < -0.4 is 5.32 Å².